The van der Waals surface area contributed by atoms with E-state index in [1.165, 1.54) is 6.07 Å². The third-order valence-corrected chi connectivity index (χ3v) is 2.81. The first kappa shape index (κ1) is 15.2. The van der Waals surface area contributed by atoms with Gasteiger partial charge in [-0.25, -0.2) is 4.79 Å². The fraction of sp³-hybridized carbons (Fsp3) is 0.583. The van der Waals surface area contributed by atoms with Gasteiger partial charge in [0.1, 0.15) is 0 Å². The third kappa shape index (κ3) is 5.52. The maximum absolute atomic E-state index is 11.6. The summed E-state index contributed by atoms with van der Waals surface area (Å²) in [6, 6.07) is 1.21. The maximum Gasteiger partial charge on any atom is 0.325 e. The van der Waals surface area contributed by atoms with Crippen molar-refractivity contribution in [2.75, 3.05) is 26.2 Å². The van der Waals surface area contributed by atoms with E-state index in [0.717, 1.165) is 19.6 Å². The Hall–Kier alpha value is -1.89. The Labute approximate surface area is 111 Å². The van der Waals surface area contributed by atoms with Crippen LogP contribution in [0, 0.1) is 0 Å². The highest BCUT2D eigenvalue weighted by Gasteiger charge is 2.05. The lowest BCUT2D eigenvalue weighted by Gasteiger charge is -2.17. The van der Waals surface area contributed by atoms with Crippen LogP contribution in [0.4, 0.5) is 0 Å². The number of H-pyrrole nitrogens is 2. The van der Waals surface area contributed by atoms with Crippen LogP contribution in [0.25, 0.3) is 0 Å². The summed E-state index contributed by atoms with van der Waals surface area (Å²) >= 11 is 0. The van der Waals surface area contributed by atoms with Crippen LogP contribution >= 0.6 is 0 Å². The van der Waals surface area contributed by atoms with Crippen molar-refractivity contribution >= 4 is 5.91 Å². The van der Waals surface area contributed by atoms with Crippen molar-refractivity contribution in [1.82, 2.24) is 20.2 Å². The van der Waals surface area contributed by atoms with E-state index in [1.807, 2.05) is 0 Å². The van der Waals surface area contributed by atoms with Crippen LogP contribution < -0.4 is 16.6 Å². The lowest BCUT2D eigenvalue weighted by molar-refractivity contribution is -0.120. The largest absolute Gasteiger partial charge is 0.354 e. The lowest BCUT2D eigenvalue weighted by Crippen LogP contribution is -2.36. The van der Waals surface area contributed by atoms with Crippen LogP contribution in [0.2, 0.25) is 0 Å². The first-order valence-electron chi connectivity index (χ1n) is 6.36. The Balaban J connectivity index is 2.43. The average molecular weight is 268 g/mol. The molecule has 0 aromatic carbocycles. The quantitative estimate of drug-likeness (QED) is 0.594. The van der Waals surface area contributed by atoms with Crippen LogP contribution in [0.15, 0.2) is 15.7 Å². The number of likely N-dealkylation sites (N-methyl/N-ethyl adjacent to an activating group) is 1. The van der Waals surface area contributed by atoms with Crippen molar-refractivity contribution in [3.8, 4) is 0 Å². The molecule has 1 aromatic rings. The molecular weight excluding hydrogens is 248 g/mol. The number of rotatable bonds is 7. The van der Waals surface area contributed by atoms with Crippen LogP contribution in [0.5, 0.6) is 0 Å². The van der Waals surface area contributed by atoms with E-state index in [9.17, 15) is 14.4 Å². The molecule has 0 saturated carbocycles. The zero-order valence-corrected chi connectivity index (χ0v) is 11.3. The second kappa shape index (κ2) is 7.52. The standard InChI is InChI=1S/C12H20N4O3/c1-3-16(4-2)6-5-13-10(17)7-9-8-11(18)15-12(19)14-9/h8H,3-7H2,1-2H3,(H,13,17)(H2,14,15,18,19). The molecule has 0 spiro atoms. The minimum Gasteiger partial charge on any atom is -0.354 e. The van der Waals surface area contributed by atoms with Gasteiger partial charge in [0.05, 0.1) is 6.42 Å². The molecule has 0 radical (unpaired) electrons. The number of hydrogen-bond acceptors (Lipinski definition) is 4. The zero-order valence-electron chi connectivity index (χ0n) is 11.3. The van der Waals surface area contributed by atoms with E-state index in [1.54, 1.807) is 0 Å². The molecule has 0 aliphatic rings. The van der Waals surface area contributed by atoms with Crippen LogP contribution in [0.3, 0.4) is 0 Å². The summed E-state index contributed by atoms with van der Waals surface area (Å²) in [6.45, 7) is 7.33. The molecule has 1 heterocycles. The first-order valence-corrected chi connectivity index (χ1v) is 6.36. The Morgan fingerprint density at radius 1 is 1.26 bits per heavy atom. The van der Waals surface area contributed by atoms with Crippen LogP contribution in [-0.2, 0) is 11.2 Å². The van der Waals surface area contributed by atoms with E-state index in [4.69, 9.17) is 0 Å². The smallest absolute Gasteiger partial charge is 0.325 e. The van der Waals surface area contributed by atoms with Crippen molar-refractivity contribution in [2.24, 2.45) is 0 Å². The first-order chi connectivity index (χ1) is 9.05. The summed E-state index contributed by atoms with van der Waals surface area (Å²) in [7, 11) is 0. The molecule has 7 nitrogen and oxygen atoms in total. The van der Waals surface area contributed by atoms with Crippen molar-refractivity contribution in [3.05, 3.63) is 32.6 Å². The van der Waals surface area contributed by atoms with Gasteiger partial charge in [-0.1, -0.05) is 13.8 Å². The molecular formula is C12H20N4O3. The zero-order chi connectivity index (χ0) is 14.3. The molecule has 0 saturated heterocycles. The van der Waals surface area contributed by atoms with Crippen molar-refractivity contribution < 1.29 is 4.79 Å². The summed E-state index contributed by atoms with van der Waals surface area (Å²) in [5.74, 6) is -0.214. The molecule has 0 aliphatic carbocycles. The summed E-state index contributed by atoms with van der Waals surface area (Å²) in [4.78, 5) is 40.4. The SMILES string of the molecule is CCN(CC)CCNC(=O)Cc1cc(=O)[nH]c(=O)[nH]1. The molecule has 0 fully saturated rings. The Morgan fingerprint density at radius 3 is 2.53 bits per heavy atom. The molecule has 1 aromatic heterocycles. The van der Waals surface area contributed by atoms with Gasteiger partial charge in [0.25, 0.3) is 5.56 Å². The maximum atomic E-state index is 11.6. The highest BCUT2D eigenvalue weighted by molar-refractivity contribution is 5.77. The number of carbonyl (C=O) groups excluding carboxylic acids is 1. The summed E-state index contributed by atoms with van der Waals surface area (Å²) in [6.07, 6.45) is -0.00257. The van der Waals surface area contributed by atoms with Gasteiger partial charge in [0.2, 0.25) is 5.91 Å². The fourth-order valence-corrected chi connectivity index (χ4v) is 1.74. The molecule has 1 rings (SSSR count). The molecule has 0 aliphatic heterocycles. The lowest BCUT2D eigenvalue weighted by atomic mass is 10.3. The highest BCUT2D eigenvalue weighted by Crippen LogP contribution is 1.89. The van der Waals surface area contributed by atoms with Gasteiger partial charge in [-0.05, 0) is 13.1 Å². The predicted octanol–water partition coefficient (Wildman–Crippen LogP) is -0.936. The number of nitrogens with one attached hydrogen (secondary N) is 3. The van der Waals surface area contributed by atoms with E-state index in [2.05, 4.69) is 34.0 Å². The van der Waals surface area contributed by atoms with E-state index < -0.39 is 11.2 Å². The van der Waals surface area contributed by atoms with Gasteiger partial charge in [-0.3, -0.25) is 14.6 Å². The minimum absolute atomic E-state index is 0.00257. The van der Waals surface area contributed by atoms with Crippen molar-refractivity contribution in [3.63, 3.8) is 0 Å². The molecule has 19 heavy (non-hydrogen) atoms. The molecule has 7 heteroatoms. The topological polar surface area (TPSA) is 98.1 Å². The predicted molar refractivity (Wildman–Crippen MR) is 72.2 cm³/mol. The van der Waals surface area contributed by atoms with Gasteiger partial charge in [-0.15, -0.1) is 0 Å². The van der Waals surface area contributed by atoms with Crippen LogP contribution in [-0.4, -0.2) is 47.0 Å². The Bertz CT molecular complexity index is 488. The van der Waals surface area contributed by atoms with Crippen molar-refractivity contribution in [1.29, 1.82) is 0 Å². The van der Waals surface area contributed by atoms with E-state index in [0.29, 0.717) is 12.2 Å². The van der Waals surface area contributed by atoms with Gasteiger partial charge in [-0.2, -0.15) is 0 Å². The number of carbonyl (C=O) groups is 1. The monoisotopic (exact) mass is 268 g/mol. The molecule has 3 N–H and O–H groups in total. The number of hydrogen-bond donors (Lipinski definition) is 3. The number of aromatic nitrogens is 2. The van der Waals surface area contributed by atoms with Gasteiger partial charge in [0.15, 0.2) is 0 Å². The average Bonchev–Trinajstić information content (AvgIpc) is 2.33. The Morgan fingerprint density at radius 2 is 1.95 bits per heavy atom. The summed E-state index contributed by atoms with van der Waals surface area (Å²) in [5.41, 5.74) is -0.790. The number of amides is 1. The number of nitrogens with zero attached hydrogens (tertiary/aromatic N) is 1. The minimum atomic E-state index is -0.599. The fourth-order valence-electron chi connectivity index (χ4n) is 1.74. The van der Waals surface area contributed by atoms with E-state index >= 15 is 0 Å². The molecule has 0 unspecified atom stereocenters. The summed E-state index contributed by atoms with van der Waals surface area (Å²) in [5, 5.41) is 2.75. The molecule has 0 bridgehead atoms. The normalized spacial score (nSPS) is 10.7. The van der Waals surface area contributed by atoms with E-state index in [-0.39, 0.29) is 12.3 Å². The summed E-state index contributed by atoms with van der Waals surface area (Å²) < 4.78 is 0. The van der Waals surface area contributed by atoms with Gasteiger partial charge in [0, 0.05) is 24.8 Å². The van der Waals surface area contributed by atoms with Crippen molar-refractivity contribution in [2.45, 2.75) is 20.3 Å². The second-order valence-corrected chi connectivity index (χ2v) is 4.17. The molecule has 0 atom stereocenters. The molecule has 1 amide bonds. The van der Waals surface area contributed by atoms with Gasteiger partial charge >= 0.3 is 5.69 Å². The molecule has 106 valence electrons. The highest BCUT2D eigenvalue weighted by atomic mass is 16.2. The third-order valence-electron chi connectivity index (χ3n) is 2.81. The van der Waals surface area contributed by atoms with Gasteiger partial charge < -0.3 is 15.2 Å². The number of aromatic amines is 2. The van der Waals surface area contributed by atoms with Crippen LogP contribution in [0.1, 0.15) is 19.5 Å². The Kier molecular flexibility index (Phi) is 6.01. The second-order valence-electron chi connectivity index (χ2n) is 4.17.